The standard InChI is InChI=1S/C18H27N3O4/c1-20-15-8-9-21(11-14(15)19-16(20)18(23)25-3)10-12-4-6-13(7-5-12)17(22)24-2/h12-13H,4-11H2,1-3H3/t12-,13+. The molecule has 3 rings (SSSR count). The lowest BCUT2D eigenvalue weighted by atomic mass is 9.81. The summed E-state index contributed by atoms with van der Waals surface area (Å²) in [4.78, 5) is 30.4. The minimum absolute atomic E-state index is 0.0649. The molecule has 0 N–H and O–H groups in total. The summed E-state index contributed by atoms with van der Waals surface area (Å²) >= 11 is 0. The van der Waals surface area contributed by atoms with Crippen LogP contribution in [0.15, 0.2) is 0 Å². The monoisotopic (exact) mass is 349 g/mol. The average molecular weight is 349 g/mol. The first kappa shape index (κ1) is 17.9. The van der Waals surface area contributed by atoms with Crippen LogP contribution in [0.2, 0.25) is 0 Å². The van der Waals surface area contributed by atoms with Crippen LogP contribution in [-0.2, 0) is 34.3 Å². The van der Waals surface area contributed by atoms with Crippen molar-refractivity contribution in [3.8, 4) is 0 Å². The minimum atomic E-state index is -0.385. The molecule has 7 heteroatoms. The summed E-state index contributed by atoms with van der Waals surface area (Å²) in [5, 5.41) is 0. The van der Waals surface area contributed by atoms with Gasteiger partial charge in [-0.3, -0.25) is 9.69 Å². The number of hydrogen-bond donors (Lipinski definition) is 0. The summed E-state index contributed by atoms with van der Waals surface area (Å²) in [7, 11) is 4.73. The average Bonchev–Trinajstić information content (AvgIpc) is 2.97. The van der Waals surface area contributed by atoms with Crippen LogP contribution in [0, 0.1) is 11.8 Å². The SMILES string of the molecule is COC(=O)c1nc2c(n1C)CCN(C[C@H]1CC[C@@H](C(=O)OC)CC1)C2. The molecule has 2 heterocycles. The fraction of sp³-hybridized carbons (Fsp3) is 0.722. The third-order valence-corrected chi connectivity index (χ3v) is 5.60. The number of rotatable bonds is 4. The highest BCUT2D eigenvalue weighted by Crippen LogP contribution is 2.31. The highest BCUT2D eigenvalue weighted by Gasteiger charge is 2.30. The van der Waals surface area contributed by atoms with Gasteiger partial charge in [0.15, 0.2) is 0 Å². The molecule has 2 aliphatic rings. The second-order valence-electron chi connectivity index (χ2n) is 7.11. The van der Waals surface area contributed by atoms with Crippen molar-refractivity contribution in [1.82, 2.24) is 14.5 Å². The third kappa shape index (κ3) is 3.71. The summed E-state index contributed by atoms with van der Waals surface area (Å²) in [6.07, 6.45) is 4.88. The van der Waals surface area contributed by atoms with E-state index in [1.807, 2.05) is 11.6 Å². The lowest BCUT2D eigenvalue weighted by Gasteiger charge is -2.33. The topological polar surface area (TPSA) is 73.7 Å². The number of carbonyl (C=O) groups is 2. The minimum Gasteiger partial charge on any atom is -0.469 e. The van der Waals surface area contributed by atoms with E-state index in [4.69, 9.17) is 9.47 Å². The van der Waals surface area contributed by atoms with Crippen LogP contribution in [0.5, 0.6) is 0 Å². The van der Waals surface area contributed by atoms with Gasteiger partial charge < -0.3 is 14.0 Å². The Morgan fingerprint density at radius 2 is 1.88 bits per heavy atom. The summed E-state index contributed by atoms with van der Waals surface area (Å²) < 4.78 is 11.5. The van der Waals surface area contributed by atoms with Gasteiger partial charge in [0, 0.05) is 38.8 Å². The number of methoxy groups -OCH3 is 2. The zero-order valence-corrected chi connectivity index (χ0v) is 15.3. The molecule has 0 unspecified atom stereocenters. The van der Waals surface area contributed by atoms with E-state index in [9.17, 15) is 9.59 Å². The Kier molecular flexibility index (Phi) is 5.42. The van der Waals surface area contributed by atoms with E-state index in [-0.39, 0.29) is 17.9 Å². The summed E-state index contributed by atoms with van der Waals surface area (Å²) in [5.41, 5.74) is 2.11. The van der Waals surface area contributed by atoms with E-state index < -0.39 is 0 Å². The molecule has 0 amide bonds. The maximum Gasteiger partial charge on any atom is 0.374 e. The summed E-state index contributed by atoms with van der Waals surface area (Å²) in [6.45, 7) is 2.78. The Hall–Kier alpha value is -1.89. The predicted molar refractivity (Wildman–Crippen MR) is 91.0 cm³/mol. The van der Waals surface area contributed by atoms with Crippen LogP contribution in [0.4, 0.5) is 0 Å². The van der Waals surface area contributed by atoms with Crippen LogP contribution >= 0.6 is 0 Å². The molecular formula is C18H27N3O4. The number of esters is 2. The van der Waals surface area contributed by atoms with Crippen molar-refractivity contribution in [3.63, 3.8) is 0 Å². The Morgan fingerprint density at radius 1 is 1.16 bits per heavy atom. The second kappa shape index (κ2) is 7.56. The number of aromatic nitrogens is 2. The van der Waals surface area contributed by atoms with Gasteiger partial charge in [0.1, 0.15) is 0 Å². The van der Waals surface area contributed by atoms with Crippen molar-refractivity contribution in [2.75, 3.05) is 27.3 Å². The normalized spacial score (nSPS) is 23.8. The van der Waals surface area contributed by atoms with Crippen molar-refractivity contribution < 1.29 is 19.1 Å². The van der Waals surface area contributed by atoms with Crippen molar-refractivity contribution in [1.29, 1.82) is 0 Å². The summed E-state index contributed by atoms with van der Waals surface area (Å²) in [6, 6.07) is 0. The maximum absolute atomic E-state index is 11.8. The van der Waals surface area contributed by atoms with Crippen LogP contribution in [0.3, 0.4) is 0 Å². The van der Waals surface area contributed by atoms with Gasteiger partial charge in [-0.1, -0.05) is 0 Å². The van der Waals surface area contributed by atoms with Gasteiger partial charge in [0.2, 0.25) is 5.82 Å². The zero-order valence-electron chi connectivity index (χ0n) is 15.3. The molecule has 0 radical (unpaired) electrons. The fourth-order valence-corrected chi connectivity index (χ4v) is 4.12. The molecule has 0 aromatic carbocycles. The van der Waals surface area contributed by atoms with E-state index in [2.05, 4.69) is 9.88 Å². The Labute approximate surface area is 148 Å². The molecule has 1 saturated carbocycles. The molecule has 0 bridgehead atoms. The molecule has 1 aromatic heterocycles. The van der Waals surface area contributed by atoms with Crippen LogP contribution in [0.1, 0.15) is 47.7 Å². The maximum atomic E-state index is 11.8. The van der Waals surface area contributed by atoms with Gasteiger partial charge in [0.05, 0.1) is 25.8 Å². The number of fused-ring (bicyclic) bond motifs is 1. The molecule has 1 aromatic rings. The first-order valence-electron chi connectivity index (χ1n) is 8.96. The molecule has 138 valence electrons. The molecule has 1 aliphatic carbocycles. The van der Waals surface area contributed by atoms with Crippen molar-refractivity contribution in [3.05, 3.63) is 17.2 Å². The van der Waals surface area contributed by atoms with Gasteiger partial charge in [-0.15, -0.1) is 0 Å². The van der Waals surface area contributed by atoms with E-state index in [1.54, 1.807) is 0 Å². The molecule has 0 atom stereocenters. The van der Waals surface area contributed by atoms with Crippen LogP contribution < -0.4 is 0 Å². The van der Waals surface area contributed by atoms with Gasteiger partial charge in [0.25, 0.3) is 0 Å². The largest absolute Gasteiger partial charge is 0.469 e. The van der Waals surface area contributed by atoms with E-state index in [0.717, 1.165) is 63.1 Å². The van der Waals surface area contributed by atoms with E-state index >= 15 is 0 Å². The molecular weight excluding hydrogens is 322 g/mol. The number of nitrogens with zero attached hydrogens (tertiary/aromatic N) is 3. The molecule has 0 saturated heterocycles. The third-order valence-electron chi connectivity index (χ3n) is 5.60. The van der Waals surface area contributed by atoms with Crippen molar-refractivity contribution in [2.24, 2.45) is 18.9 Å². The molecule has 1 fully saturated rings. The van der Waals surface area contributed by atoms with Crippen LogP contribution in [-0.4, -0.2) is 53.7 Å². The lowest BCUT2D eigenvalue weighted by molar-refractivity contribution is -0.146. The molecule has 0 spiro atoms. The predicted octanol–water partition coefficient (Wildman–Crippen LogP) is 1.54. The second-order valence-corrected chi connectivity index (χ2v) is 7.11. The van der Waals surface area contributed by atoms with Gasteiger partial charge in [-0.2, -0.15) is 0 Å². The fourth-order valence-electron chi connectivity index (χ4n) is 4.12. The number of imidazole rings is 1. The first-order chi connectivity index (χ1) is 12.0. The van der Waals surface area contributed by atoms with Crippen LogP contribution in [0.25, 0.3) is 0 Å². The first-order valence-corrected chi connectivity index (χ1v) is 8.96. The van der Waals surface area contributed by atoms with Gasteiger partial charge in [-0.25, -0.2) is 9.78 Å². The number of carbonyl (C=O) groups excluding carboxylic acids is 2. The summed E-state index contributed by atoms with van der Waals surface area (Å²) in [5.74, 6) is 0.626. The highest BCUT2D eigenvalue weighted by atomic mass is 16.5. The number of hydrogen-bond acceptors (Lipinski definition) is 6. The molecule has 1 aliphatic heterocycles. The van der Waals surface area contributed by atoms with E-state index in [1.165, 1.54) is 14.2 Å². The molecule has 7 nitrogen and oxygen atoms in total. The smallest absolute Gasteiger partial charge is 0.374 e. The highest BCUT2D eigenvalue weighted by molar-refractivity contribution is 5.85. The lowest BCUT2D eigenvalue weighted by Crippen LogP contribution is -2.36. The molecule has 25 heavy (non-hydrogen) atoms. The Balaban J connectivity index is 1.57. The number of ether oxygens (including phenoxy) is 2. The zero-order chi connectivity index (χ0) is 18.0. The van der Waals surface area contributed by atoms with Gasteiger partial charge >= 0.3 is 11.9 Å². The van der Waals surface area contributed by atoms with Crippen molar-refractivity contribution >= 4 is 11.9 Å². The Morgan fingerprint density at radius 3 is 2.52 bits per heavy atom. The van der Waals surface area contributed by atoms with Crippen molar-refractivity contribution in [2.45, 2.75) is 38.6 Å². The van der Waals surface area contributed by atoms with E-state index in [0.29, 0.717) is 11.7 Å². The quantitative estimate of drug-likeness (QED) is 0.768. The van der Waals surface area contributed by atoms with Gasteiger partial charge in [-0.05, 0) is 31.6 Å². The Bertz CT molecular complexity index is 647.